The minimum Gasteiger partial charge on any atom is -0.481 e. The number of rotatable bonds is 5. The monoisotopic (exact) mass is 346 g/mol. The van der Waals surface area contributed by atoms with E-state index in [0.717, 1.165) is 42.2 Å². The predicted octanol–water partition coefficient (Wildman–Crippen LogP) is 1.55. The van der Waals surface area contributed by atoms with Crippen LogP contribution in [0.25, 0.3) is 0 Å². The number of ether oxygens (including phenoxy) is 1. The first-order valence-corrected chi connectivity index (χ1v) is 8.52. The molecule has 8 nitrogen and oxygen atoms in total. The SMILES string of the molecule is COc1c([C@@H]2CCCN2CC(=O)Nc2cc(C)nn2C)c(C)nn1C. The van der Waals surface area contributed by atoms with Gasteiger partial charge in [-0.05, 0) is 33.2 Å². The van der Waals surface area contributed by atoms with Crippen molar-refractivity contribution in [3.8, 4) is 5.88 Å². The van der Waals surface area contributed by atoms with Crippen molar-refractivity contribution in [2.24, 2.45) is 14.1 Å². The highest BCUT2D eigenvalue weighted by atomic mass is 16.5. The van der Waals surface area contributed by atoms with E-state index in [9.17, 15) is 4.79 Å². The molecule has 0 unspecified atom stereocenters. The summed E-state index contributed by atoms with van der Waals surface area (Å²) in [5.41, 5.74) is 2.93. The van der Waals surface area contributed by atoms with Crippen LogP contribution in [-0.2, 0) is 18.9 Å². The molecule has 1 aliphatic heterocycles. The third-order valence-electron chi connectivity index (χ3n) is 4.72. The van der Waals surface area contributed by atoms with E-state index in [1.54, 1.807) is 16.5 Å². The second-order valence-corrected chi connectivity index (χ2v) is 6.60. The summed E-state index contributed by atoms with van der Waals surface area (Å²) in [5, 5.41) is 11.7. The summed E-state index contributed by atoms with van der Waals surface area (Å²) in [7, 11) is 5.37. The summed E-state index contributed by atoms with van der Waals surface area (Å²) in [5.74, 6) is 1.46. The van der Waals surface area contributed by atoms with Gasteiger partial charge in [0, 0.05) is 26.2 Å². The van der Waals surface area contributed by atoms with Gasteiger partial charge in [-0.1, -0.05) is 0 Å². The molecule has 1 aliphatic rings. The minimum absolute atomic E-state index is 0.0320. The fourth-order valence-corrected chi connectivity index (χ4v) is 3.72. The summed E-state index contributed by atoms with van der Waals surface area (Å²) in [4.78, 5) is 14.7. The lowest BCUT2D eigenvalue weighted by molar-refractivity contribution is -0.117. The van der Waals surface area contributed by atoms with Gasteiger partial charge in [-0.15, -0.1) is 0 Å². The topological polar surface area (TPSA) is 77.2 Å². The maximum absolute atomic E-state index is 12.5. The molecule has 3 rings (SSSR count). The first-order valence-electron chi connectivity index (χ1n) is 8.52. The van der Waals surface area contributed by atoms with Crippen LogP contribution in [-0.4, -0.2) is 50.6 Å². The van der Waals surface area contributed by atoms with Crippen molar-refractivity contribution < 1.29 is 9.53 Å². The molecular formula is C17H26N6O2. The molecule has 2 aromatic rings. The molecule has 136 valence electrons. The van der Waals surface area contributed by atoms with Crippen LogP contribution in [0.3, 0.4) is 0 Å². The number of aromatic nitrogens is 4. The largest absolute Gasteiger partial charge is 0.481 e. The van der Waals surface area contributed by atoms with Crippen LogP contribution < -0.4 is 10.1 Å². The van der Waals surface area contributed by atoms with Crippen LogP contribution in [0.4, 0.5) is 5.82 Å². The Kier molecular flexibility index (Phi) is 4.80. The van der Waals surface area contributed by atoms with Crippen molar-refractivity contribution in [2.75, 3.05) is 25.5 Å². The van der Waals surface area contributed by atoms with Gasteiger partial charge in [-0.2, -0.15) is 10.2 Å². The average molecular weight is 346 g/mol. The molecule has 0 saturated carbocycles. The van der Waals surface area contributed by atoms with Gasteiger partial charge < -0.3 is 10.1 Å². The van der Waals surface area contributed by atoms with E-state index in [1.165, 1.54) is 0 Å². The molecule has 8 heteroatoms. The van der Waals surface area contributed by atoms with Crippen LogP contribution >= 0.6 is 0 Å². The van der Waals surface area contributed by atoms with Crippen molar-refractivity contribution in [2.45, 2.75) is 32.7 Å². The number of likely N-dealkylation sites (tertiary alicyclic amines) is 1. The second kappa shape index (κ2) is 6.87. The van der Waals surface area contributed by atoms with Gasteiger partial charge in [0.25, 0.3) is 0 Å². The Hall–Kier alpha value is -2.35. The fourth-order valence-electron chi connectivity index (χ4n) is 3.72. The number of aryl methyl sites for hydroxylation is 4. The fraction of sp³-hybridized carbons (Fsp3) is 0.588. The highest BCUT2D eigenvalue weighted by Crippen LogP contribution is 2.38. The molecule has 0 bridgehead atoms. The highest BCUT2D eigenvalue weighted by Gasteiger charge is 2.33. The van der Waals surface area contributed by atoms with E-state index < -0.39 is 0 Å². The van der Waals surface area contributed by atoms with Crippen molar-refractivity contribution in [3.05, 3.63) is 23.0 Å². The smallest absolute Gasteiger partial charge is 0.239 e. The summed E-state index contributed by atoms with van der Waals surface area (Å²) >= 11 is 0. The molecule has 3 heterocycles. The molecule has 2 aromatic heterocycles. The zero-order chi connectivity index (χ0) is 18.1. The molecule has 0 radical (unpaired) electrons. The van der Waals surface area contributed by atoms with E-state index >= 15 is 0 Å². The number of anilines is 1. The summed E-state index contributed by atoms with van der Waals surface area (Å²) in [6.45, 7) is 5.13. The molecule has 1 N–H and O–H groups in total. The minimum atomic E-state index is -0.0320. The predicted molar refractivity (Wildman–Crippen MR) is 94.6 cm³/mol. The quantitative estimate of drug-likeness (QED) is 0.889. The zero-order valence-electron chi connectivity index (χ0n) is 15.5. The van der Waals surface area contributed by atoms with Gasteiger partial charge in [-0.25, -0.2) is 4.68 Å². The molecule has 1 fully saturated rings. The van der Waals surface area contributed by atoms with Crippen LogP contribution in [0, 0.1) is 13.8 Å². The highest BCUT2D eigenvalue weighted by molar-refractivity contribution is 5.91. The van der Waals surface area contributed by atoms with E-state index in [-0.39, 0.29) is 11.9 Å². The standard InChI is InChI=1S/C17H26N6O2/c1-11-9-14(21(3)19-11)18-15(24)10-23-8-6-7-13(23)16-12(2)20-22(4)17(16)25-5/h9,13H,6-8,10H2,1-5H3,(H,18,24)/t13-/m0/s1. The van der Waals surface area contributed by atoms with Crippen LogP contribution in [0.1, 0.15) is 35.8 Å². The Morgan fingerprint density at radius 1 is 1.32 bits per heavy atom. The van der Waals surface area contributed by atoms with Crippen molar-refractivity contribution >= 4 is 11.7 Å². The Bertz CT molecular complexity index is 778. The number of nitrogens with zero attached hydrogens (tertiary/aromatic N) is 5. The zero-order valence-corrected chi connectivity index (χ0v) is 15.5. The number of hydrogen-bond acceptors (Lipinski definition) is 5. The molecular weight excluding hydrogens is 320 g/mol. The van der Waals surface area contributed by atoms with Crippen molar-refractivity contribution in [1.29, 1.82) is 0 Å². The molecule has 0 aliphatic carbocycles. The van der Waals surface area contributed by atoms with Gasteiger partial charge >= 0.3 is 0 Å². The van der Waals surface area contributed by atoms with Crippen molar-refractivity contribution in [3.63, 3.8) is 0 Å². The lowest BCUT2D eigenvalue weighted by Crippen LogP contribution is -2.33. The van der Waals surface area contributed by atoms with E-state index in [4.69, 9.17) is 4.74 Å². The third kappa shape index (κ3) is 3.39. The lowest BCUT2D eigenvalue weighted by Gasteiger charge is -2.24. The van der Waals surface area contributed by atoms with Crippen LogP contribution in [0.2, 0.25) is 0 Å². The summed E-state index contributed by atoms with van der Waals surface area (Å²) in [6, 6.07) is 2.02. The number of amides is 1. The molecule has 1 saturated heterocycles. The van der Waals surface area contributed by atoms with Gasteiger partial charge in [0.15, 0.2) is 0 Å². The van der Waals surface area contributed by atoms with Crippen LogP contribution in [0.15, 0.2) is 6.07 Å². The first-order chi connectivity index (χ1) is 11.9. The Morgan fingerprint density at radius 2 is 2.08 bits per heavy atom. The van der Waals surface area contributed by atoms with Gasteiger partial charge in [-0.3, -0.25) is 14.4 Å². The molecule has 25 heavy (non-hydrogen) atoms. The van der Waals surface area contributed by atoms with E-state index in [0.29, 0.717) is 12.4 Å². The Balaban J connectivity index is 1.74. The Labute approximate surface area is 147 Å². The molecule has 0 aromatic carbocycles. The van der Waals surface area contributed by atoms with Gasteiger partial charge in [0.05, 0.1) is 30.6 Å². The molecule has 1 atom stereocenters. The number of methoxy groups -OCH3 is 1. The Morgan fingerprint density at radius 3 is 2.72 bits per heavy atom. The van der Waals surface area contributed by atoms with Crippen molar-refractivity contribution in [1.82, 2.24) is 24.5 Å². The third-order valence-corrected chi connectivity index (χ3v) is 4.72. The maximum Gasteiger partial charge on any atom is 0.239 e. The van der Waals surface area contributed by atoms with E-state index in [1.807, 2.05) is 34.0 Å². The number of carbonyl (C=O) groups excluding carboxylic acids is 1. The first kappa shape index (κ1) is 17.5. The lowest BCUT2D eigenvalue weighted by atomic mass is 10.1. The average Bonchev–Trinajstić information content (AvgIpc) is 3.17. The summed E-state index contributed by atoms with van der Waals surface area (Å²) in [6.07, 6.45) is 2.06. The van der Waals surface area contributed by atoms with Gasteiger partial charge in [0.1, 0.15) is 5.82 Å². The summed E-state index contributed by atoms with van der Waals surface area (Å²) < 4.78 is 8.99. The maximum atomic E-state index is 12.5. The van der Waals surface area contributed by atoms with E-state index in [2.05, 4.69) is 20.4 Å². The van der Waals surface area contributed by atoms with Crippen LogP contribution in [0.5, 0.6) is 5.88 Å². The molecule has 1 amide bonds. The molecule has 0 spiro atoms. The number of carbonyl (C=O) groups is 1. The number of nitrogens with one attached hydrogen (secondary N) is 1. The second-order valence-electron chi connectivity index (χ2n) is 6.60. The normalized spacial score (nSPS) is 17.9. The van der Waals surface area contributed by atoms with Gasteiger partial charge in [0.2, 0.25) is 11.8 Å². The number of hydrogen-bond donors (Lipinski definition) is 1.